The number of carbonyl (C=O) groups excluding carboxylic acids is 1. The number of nitrogens with two attached hydrogens (primary N) is 1. The Kier molecular flexibility index (Phi) is 4.73. The van der Waals surface area contributed by atoms with Crippen molar-refractivity contribution in [1.82, 2.24) is 14.6 Å². The third kappa shape index (κ3) is 3.35. The Labute approximate surface area is 123 Å². The summed E-state index contributed by atoms with van der Waals surface area (Å²) in [5.41, 5.74) is 6.11. The van der Waals surface area contributed by atoms with Gasteiger partial charge in [0.1, 0.15) is 11.0 Å². The van der Waals surface area contributed by atoms with Crippen LogP contribution in [0.5, 0.6) is 0 Å². The van der Waals surface area contributed by atoms with Gasteiger partial charge in [-0.05, 0) is 6.92 Å². The largest absolute Gasteiger partial charge is 0.468 e. The van der Waals surface area contributed by atoms with Gasteiger partial charge in [0, 0.05) is 23.3 Å². The maximum absolute atomic E-state index is 11.7. The molecule has 2 aromatic rings. The molecular formula is C11H14N4O3S2. The minimum absolute atomic E-state index is 0.189. The topological polar surface area (TPSA) is 99.6 Å². The summed E-state index contributed by atoms with van der Waals surface area (Å²) >= 11 is 2.82. The van der Waals surface area contributed by atoms with Crippen molar-refractivity contribution >= 4 is 34.0 Å². The number of methoxy groups -OCH3 is 1. The zero-order chi connectivity index (χ0) is 14.7. The van der Waals surface area contributed by atoms with Crippen LogP contribution in [0, 0.1) is 6.92 Å². The summed E-state index contributed by atoms with van der Waals surface area (Å²) in [5, 5.41) is 4.96. The van der Waals surface area contributed by atoms with E-state index < -0.39 is 12.0 Å². The highest BCUT2D eigenvalue weighted by atomic mass is 32.2. The van der Waals surface area contributed by atoms with Gasteiger partial charge in [-0.15, -0.1) is 0 Å². The molecular weight excluding hydrogens is 300 g/mol. The van der Waals surface area contributed by atoms with Gasteiger partial charge in [-0.2, -0.15) is 21.4 Å². The second-order valence-electron chi connectivity index (χ2n) is 4.07. The minimum atomic E-state index is -0.650. The molecule has 20 heavy (non-hydrogen) atoms. The van der Waals surface area contributed by atoms with E-state index in [0.717, 1.165) is 5.01 Å². The van der Waals surface area contributed by atoms with Crippen LogP contribution in [0.3, 0.4) is 0 Å². The van der Waals surface area contributed by atoms with Crippen LogP contribution in [0.15, 0.2) is 10.9 Å². The molecule has 9 heteroatoms. The smallest absolute Gasteiger partial charge is 0.323 e. The summed E-state index contributed by atoms with van der Waals surface area (Å²) in [4.78, 5) is 27.7. The number of rotatable bonds is 5. The van der Waals surface area contributed by atoms with Crippen LogP contribution >= 0.6 is 23.1 Å². The third-order valence-corrected chi connectivity index (χ3v) is 4.61. The first-order valence-electron chi connectivity index (χ1n) is 5.79. The van der Waals surface area contributed by atoms with Gasteiger partial charge in [-0.3, -0.25) is 9.59 Å². The Bertz CT molecular complexity index is 682. The van der Waals surface area contributed by atoms with Crippen LogP contribution in [0.1, 0.15) is 10.7 Å². The number of thioether (sulfide) groups is 1. The van der Waals surface area contributed by atoms with Crippen molar-refractivity contribution in [2.45, 2.75) is 18.7 Å². The fourth-order valence-corrected chi connectivity index (χ4v) is 3.48. The molecule has 0 amide bonds. The van der Waals surface area contributed by atoms with Crippen LogP contribution < -0.4 is 11.3 Å². The molecule has 1 unspecified atom stereocenters. The second-order valence-corrected chi connectivity index (χ2v) is 6.14. The fourth-order valence-electron chi connectivity index (χ4n) is 1.51. The number of carbonyl (C=O) groups is 1. The van der Waals surface area contributed by atoms with Crippen LogP contribution in [0.2, 0.25) is 0 Å². The van der Waals surface area contributed by atoms with Gasteiger partial charge in [0.15, 0.2) is 0 Å². The average Bonchev–Trinajstić information content (AvgIpc) is 2.80. The van der Waals surface area contributed by atoms with Gasteiger partial charge >= 0.3 is 5.97 Å². The van der Waals surface area contributed by atoms with E-state index >= 15 is 0 Å². The summed E-state index contributed by atoms with van der Waals surface area (Å²) in [6.07, 6.45) is 0. The van der Waals surface area contributed by atoms with Crippen LogP contribution in [-0.2, 0) is 15.3 Å². The van der Waals surface area contributed by atoms with Crippen molar-refractivity contribution in [3.63, 3.8) is 0 Å². The number of aryl methyl sites for hydroxylation is 1. The van der Waals surface area contributed by atoms with Gasteiger partial charge in [0.05, 0.1) is 7.11 Å². The fraction of sp³-hybridized carbons (Fsp3) is 0.455. The molecule has 7 nitrogen and oxygen atoms in total. The first kappa shape index (κ1) is 14.9. The van der Waals surface area contributed by atoms with Crippen LogP contribution in [0.4, 0.5) is 0 Å². The number of hydrogen-bond donors (Lipinski definition) is 1. The molecule has 2 N–H and O–H groups in total. The van der Waals surface area contributed by atoms with E-state index in [-0.39, 0.29) is 5.56 Å². The van der Waals surface area contributed by atoms with Crippen molar-refractivity contribution in [3.8, 4) is 0 Å². The normalized spacial score (nSPS) is 12.6. The van der Waals surface area contributed by atoms with Crippen molar-refractivity contribution in [2.24, 2.45) is 5.73 Å². The van der Waals surface area contributed by atoms with Crippen molar-refractivity contribution < 1.29 is 9.53 Å². The standard InChI is InChI=1S/C11H14N4O3S2/c1-6-3-9(16)15-11(13-6)20-8(14-15)5-19-4-7(12)10(17)18-2/h3,7H,4-5,12H2,1-2H3. The lowest BCUT2D eigenvalue weighted by atomic mass is 10.4. The molecule has 0 fully saturated rings. The lowest BCUT2D eigenvalue weighted by Gasteiger charge is -2.07. The third-order valence-electron chi connectivity index (χ3n) is 2.44. The van der Waals surface area contributed by atoms with Gasteiger partial charge in [-0.1, -0.05) is 11.3 Å². The number of fused-ring (bicyclic) bond motifs is 1. The highest BCUT2D eigenvalue weighted by molar-refractivity contribution is 7.98. The van der Waals surface area contributed by atoms with Crippen molar-refractivity contribution in [1.29, 1.82) is 0 Å². The molecule has 0 aliphatic rings. The van der Waals surface area contributed by atoms with Crippen molar-refractivity contribution in [3.05, 3.63) is 27.1 Å². The summed E-state index contributed by atoms with van der Waals surface area (Å²) in [6, 6.07) is 0.791. The van der Waals surface area contributed by atoms with E-state index in [1.54, 1.807) is 6.92 Å². The summed E-state index contributed by atoms with van der Waals surface area (Å²) in [5.74, 6) is 0.566. The number of nitrogens with zero attached hydrogens (tertiary/aromatic N) is 3. The van der Waals surface area contributed by atoms with E-state index in [1.807, 2.05) is 0 Å². The molecule has 108 valence electrons. The van der Waals surface area contributed by atoms with E-state index in [1.165, 1.54) is 40.8 Å². The highest BCUT2D eigenvalue weighted by Gasteiger charge is 2.14. The van der Waals surface area contributed by atoms with Crippen molar-refractivity contribution in [2.75, 3.05) is 12.9 Å². The van der Waals surface area contributed by atoms with Crippen LogP contribution in [0.25, 0.3) is 4.96 Å². The zero-order valence-corrected chi connectivity index (χ0v) is 12.7. The molecule has 2 aromatic heterocycles. The zero-order valence-electron chi connectivity index (χ0n) is 11.0. The Hall–Kier alpha value is -1.45. The highest BCUT2D eigenvalue weighted by Crippen LogP contribution is 2.18. The number of esters is 1. The van der Waals surface area contributed by atoms with E-state index in [4.69, 9.17) is 5.73 Å². The lowest BCUT2D eigenvalue weighted by Crippen LogP contribution is -2.33. The Morgan fingerprint density at radius 3 is 3.10 bits per heavy atom. The maximum Gasteiger partial charge on any atom is 0.323 e. The number of ether oxygens (including phenoxy) is 1. The maximum atomic E-state index is 11.7. The monoisotopic (exact) mass is 314 g/mol. The number of hydrogen-bond acceptors (Lipinski definition) is 8. The molecule has 2 rings (SSSR count). The molecule has 0 spiro atoms. The molecule has 0 aliphatic carbocycles. The number of aromatic nitrogens is 3. The molecule has 0 aromatic carbocycles. The van der Waals surface area contributed by atoms with Gasteiger partial charge in [0.25, 0.3) is 5.56 Å². The molecule has 0 radical (unpaired) electrons. The van der Waals surface area contributed by atoms with E-state index in [0.29, 0.717) is 22.2 Å². The second kappa shape index (κ2) is 6.33. The summed E-state index contributed by atoms with van der Waals surface area (Å²) in [7, 11) is 1.31. The molecule has 0 aliphatic heterocycles. The van der Waals surface area contributed by atoms with Gasteiger partial charge in [0.2, 0.25) is 4.96 Å². The predicted molar refractivity (Wildman–Crippen MR) is 78.0 cm³/mol. The summed E-state index contributed by atoms with van der Waals surface area (Å²) in [6.45, 7) is 1.77. The molecule has 0 saturated carbocycles. The van der Waals surface area contributed by atoms with Gasteiger partial charge in [-0.25, -0.2) is 4.98 Å². The minimum Gasteiger partial charge on any atom is -0.468 e. The average molecular weight is 314 g/mol. The first-order valence-corrected chi connectivity index (χ1v) is 7.76. The molecule has 0 saturated heterocycles. The Morgan fingerprint density at radius 1 is 1.65 bits per heavy atom. The lowest BCUT2D eigenvalue weighted by molar-refractivity contribution is -0.141. The quantitative estimate of drug-likeness (QED) is 0.786. The molecule has 0 bridgehead atoms. The first-order chi connectivity index (χ1) is 9.51. The Balaban J connectivity index is 2.02. The van der Waals surface area contributed by atoms with E-state index in [2.05, 4.69) is 14.8 Å². The molecule has 2 heterocycles. The predicted octanol–water partition coefficient (Wildman–Crippen LogP) is 0.193. The van der Waals surface area contributed by atoms with Crippen LogP contribution in [-0.4, -0.2) is 39.5 Å². The SMILES string of the molecule is COC(=O)C(N)CSCc1nn2c(=O)cc(C)nc2s1. The summed E-state index contributed by atoms with van der Waals surface area (Å²) < 4.78 is 5.83. The Morgan fingerprint density at radius 2 is 2.40 bits per heavy atom. The van der Waals surface area contributed by atoms with Gasteiger partial charge < -0.3 is 10.5 Å². The molecule has 1 atom stereocenters. The van der Waals surface area contributed by atoms with E-state index in [9.17, 15) is 9.59 Å².